The molecule has 1 aliphatic heterocycles. The van der Waals surface area contributed by atoms with Gasteiger partial charge >= 0.3 is 25.7 Å². The fourth-order valence-corrected chi connectivity index (χ4v) is 3.97. The van der Waals surface area contributed by atoms with Crippen LogP contribution in [0.1, 0.15) is 69.2 Å². The quantitative estimate of drug-likeness (QED) is 0.211. The van der Waals surface area contributed by atoms with Crippen LogP contribution in [-0.4, -0.2) is 107 Å². The summed E-state index contributed by atoms with van der Waals surface area (Å²) in [6, 6.07) is 0. The molecule has 0 aromatic heterocycles. The fraction of sp³-hybridized carbons (Fsp3) is 0.875. The second-order valence-corrected chi connectivity index (χ2v) is 9.46. The van der Waals surface area contributed by atoms with Gasteiger partial charge in [0.05, 0.1) is 6.10 Å². The molecule has 1 saturated heterocycles. The molecule has 0 aliphatic carbocycles. The van der Waals surface area contributed by atoms with Gasteiger partial charge in [0.15, 0.2) is 18.3 Å². The Kier molecular flexibility index (Phi) is 20.6. The minimum Gasteiger partial charge on any atom is -0.456 e. The van der Waals surface area contributed by atoms with Gasteiger partial charge in [0.2, 0.25) is 6.29 Å². The van der Waals surface area contributed by atoms with Crippen LogP contribution in [0.15, 0.2) is 0 Å². The van der Waals surface area contributed by atoms with Gasteiger partial charge in [-0.2, -0.15) is 0 Å². The van der Waals surface area contributed by atoms with Crippen LogP contribution in [0, 0.1) is 0 Å². The van der Waals surface area contributed by atoms with Crippen molar-refractivity contribution in [2.45, 2.75) is 99.9 Å². The molecule has 1 heterocycles. The van der Waals surface area contributed by atoms with Crippen molar-refractivity contribution in [3.63, 3.8) is 0 Å². The maximum atomic E-state index is 11.3. The zero-order valence-corrected chi connectivity index (χ0v) is 25.4. The number of carbonyl (C=O) groups is 3. The Morgan fingerprint density at radius 2 is 1.00 bits per heavy atom. The smallest absolute Gasteiger partial charge is 0.456 e. The molecular formula is C24H49N2O11P. The molecule has 2 N–H and O–H groups in total. The van der Waals surface area contributed by atoms with Gasteiger partial charge in [0, 0.05) is 20.8 Å². The molecule has 13 nitrogen and oxygen atoms in total. The summed E-state index contributed by atoms with van der Waals surface area (Å²) in [5.74, 6) is -2.36. The molecule has 0 radical (unpaired) electrons. The zero-order valence-electron chi connectivity index (χ0n) is 24.5. The topological polar surface area (TPSA) is 161 Å². The van der Waals surface area contributed by atoms with E-state index in [0.29, 0.717) is 0 Å². The number of phosphoric acid groups is 1. The Morgan fingerprint density at radius 1 is 0.684 bits per heavy atom. The van der Waals surface area contributed by atoms with Crippen LogP contribution in [0.4, 0.5) is 0 Å². The summed E-state index contributed by atoms with van der Waals surface area (Å²) >= 11 is 0. The van der Waals surface area contributed by atoms with E-state index < -0.39 is 56.4 Å². The van der Waals surface area contributed by atoms with E-state index in [1.165, 1.54) is 46.2 Å². The van der Waals surface area contributed by atoms with Crippen LogP contribution in [0.25, 0.3) is 0 Å². The molecule has 1 fully saturated rings. The minimum absolute atomic E-state index is 0.719. The maximum Gasteiger partial charge on any atom is 0.472 e. The number of hydrogen-bond acceptors (Lipinski definition) is 11. The Bertz CT molecular complexity index is 703. The number of carbonyl (C=O) groups excluding carboxylic acids is 3. The molecule has 14 heteroatoms. The number of nitrogens with zero attached hydrogens (tertiary/aromatic N) is 2. The molecule has 5 atom stereocenters. The van der Waals surface area contributed by atoms with E-state index in [4.69, 9.17) is 28.7 Å². The molecule has 0 saturated carbocycles. The lowest BCUT2D eigenvalue weighted by Gasteiger charge is -2.43. The highest BCUT2D eigenvalue weighted by Gasteiger charge is 2.52. The van der Waals surface area contributed by atoms with Crippen molar-refractivity contribution in [1.82, 2.24) is 9.80 Å². The molecule has 0 spiro atoms. The first kappa shape index (κ1) is 38.5. The van der Waals surface area contributed by atoms with Crippen LogP contribution in [0.2, 0.25) is 0 Å². The summed E-state index contributed by atoms with van der Waals surface area (Å²) in [6.45, 7) is 24.9. The Balaban J connectivity index is 0. The van der Waals surface area contributed by atoms with Crippen molar-refractivity contribution in [3.05, 3.63) is 0 Å². The summed E-state index contributed by atoms with van der Waals surface area (Å²) in [5, 5.41) is 0. The number of esters is 3. The number of phosphoric ester groups is 1. The summed E-state index contributed by atoms with van der Waals surface area (Å²) in [5.41, 5.74) is 0. The molecule has 0 bridgehead atoms. The SMILES string of the molecule is CC(=O)O[C@H]1[C@H](OC(C)=O)[C@@H](OP(=O)(O)O)O[C@@H](C)[C@H]1OC(C)=O.CCN(CC)CC.CCN(CC)CC. The summed E-state index contributed by atoms with van der Waals surface area (Å²) in [4.78, 5) is 56.5. The molecule has 0 aromatic carbocycles. The largest absolute Gasteiger partial charge is 0.472 e. The molecular weight excluding hydrogens is 523 g/mol. The highest BCUT2D eigenvalue weighted by molar-refractivity contribution is 7.46. The van der Waals surface area contributed by atoms with Gasteiger partial charge in [0.25, 0.3) is 0 Å². The van der Waals surface area contributed by atoms with Crippen molar-refractivity contribution in [2.75, 3.05) is 39.3 Å². The average Bonchev–Trinajstić information content (AvgIpc) is 2.80. The summed E-state index contributed by atoms with van der Waals surface area (Å²) in [6.07, 6.45) is -6.81. The Labute approximate surface area is 227 Å². The van der Waals surface area contributed by atoms with Crippen molar-refractivity contribution < 1.29 is 52.2 Å². The lowest BCUT2D eigenvalue weighted by molar-refractivity contribution is -0.283. The normalized spacial score (nSPS) is 22.9. The van der Waals surface area contributed by atoms with Crippen molar-refractivity contribution >= 4 is 25.7 Å². The van der Waals surface area contributed by atoms with Gasteiger partial charge in [-0.25, -0.2) is 4.57 Å². The van der Waals surface area contributed by atoms with Crippen LogP contribution in [0.5, 0.6) is 0 Å². The third-order valence-corrected chi connectivity index (χ3v) is 6.04. The van der Waals surface area contributed by atoms with Gasteiger partial charge in [-0.3, -0.25) is 18.9 Å². The summed E-state index contributed by atoms with van der Waals surface area (Å²) in [7, 11) is -5.01. The fourth-order valence-electron chi connectivity index (χ4n) is 3.53. The van der Waals surface area contributed by atoms with E-state index in [9.17, 15) is 18.9 Å². The minimum atomic E-state index is -5.01. The molecule has 1 rings (SSSR count). The standard InChI is InChI=1S/C12H19O11P.2C6H15N/c1-5-9(20-6(2)13)10(21-7(3)14)11(22-8(4)15)12(19-5)23-24(16,17)18;2*1-4-7(5-2)6-3/h5,9-12H,1-4H3,(H2,16,17,18);2*4-6H2,1-3H3/t5-,9+,10+,11-,12+;;/m0../s1. The third-order valence-electron chi connectivity index (χ3n) is 5.56. The van der Waals surface area contributed by atoms with Gasteiger partial charge in [0.1, 0.15) is 0 Å². The second kappa shape index (κ2) is 20.3. The van der Waals surface area contributed by atoms with E-state index in [2.05, 4.69) is 55.9 Å². The predicted molar refractivity (Wildman–Crippen MR) is 141 cm³/mol. The number of hydrogen-bond donors (Lipinski definition) is 2. The Morgan fingerprint density at radius 3 is 1.26 bits per heavy atom. The van der Waals surface area contributed by atoms with E-state index >= 15 is 0 Å². The van der Waals surface area contributed by atoms with Crippen LogP contribution < -0.4 is 0 Å². The van der Waals surface area contributed by atoms with E-state index in [0.717, 1.165) is 20.8 Å². The van der Waals surface area contributed by atoms with E-state index in [1.54, 1.807) is 0 Å². The van der Waals surface area contributed by atoms with Crippen molar-refractivity contribution in [3.8, 4) is 0 Å². The molecule has 0 amide bonds. The molecule has 38 heavy (non-hydrogen) atoms. The second-order valence-electron chi connectivity index (χ2n) is 8.27. The number of rotatable bonds is 11. The molecule has 226 valence electrons. The zero-order chi connectivity index (χ0) is 30.1. The lowest BCUT2D eigenvalue weighted by atomic mass is 9.99. The van der Waals surface area contributed by atoms with Crippen LogP contribution in [0.3, 0.4) is 0 Å². The number of ether oxygens (including phenoxy) is 4. The first-order valence-electron chi connectivity index (χ1n) is 13.0. The Hall–Kier alpha value is -1.60. The monoisotopic (exact) mass is 572 g/mol. The lowest BCUT2D eigenvalue weighted by Crippen LogP contribution is -2.60. The van der Waals surface area contributed by atoms with Gasteiger partial charge in [-0.1, -0.05) is 41.5 Å². The molecule has 0 aromatic rings. The maximum absolute atomic E-state index is 11.3. The first-order valence-corrected chi connectivity index (χ1v) is 14.5. The highest BCUT2D eigenvalue weighted by Crippen LogP contribution is 2.42. The van der Waals surface area contributed by atoms with Crippen LogP contribution in [-0.2, 0) is 42.4 Å². The molecule has 0 unspecified atom stereocenters. The van der Waals surface area contributed by atoms with Gasteiger partial charge < -0.3 is 38.5 Å². The average molecular weight is 573 g/mol. The predicted octanol–water partition coefficient (Wildman–Crippen LogP) is 2.33. The highest BCUT2D eigenvalue weighted by atomic mass is 31.2. The third kappa shape index (κ3) is 17.1. The van der Waals surface area contributed by atoms with Crippen molar-refractivity contribution in [1.29, 1.82) is 0 Å². The van der Waals surface area contributed by atoms with Crippen molar-refractivity contribution in [2.24, 2.45) is 0 Å². The summed E-state index contributed by atoms with van der Waals surface area (Å²) < 4.78 is 35.8. The first-order chi connectivity index (χ1) is 17.6. The molecule has 1 aliphatic rings. The van der Waals surface area contributed by atoms with Crippen LogP contribution >= 0.6 is 7.82 Å². The van der Waals surface area contributed by atoms with Gasteiger partial charge in [-0.05, 0) is 46.2 Å². The van der Waals surface area contributed by atoms with Gasteiger partial charge in [-0.15, -0.1) is 0 Å². The van der Waals surface area contributed by atoms with E-state index in [1.807, 2.05) is 0 Å². The van der Waals surface area contributed by atoms with E-state index in [-0.39, 0.29) is 0 Å².